The molecule has 3 saturated heterocycles. The van der Waals surface area contributed by atoms with E-state index in [4.69, 9.17) is 33.3 Å². The van der Waals surface area contributed by atoms with Crippen LogP contribution in [0.2, 0.25) is 0 Å². The molecule has 1 aromatic heterocycles. The third-order valence-corrected chi connectivity index (χ3v) is 11.5. The summed E-state index contributed by atoms with van der Waals surface area (Å²) in [5.74, 6) is -3.78. The van der Waals surface area contributed by atoms with Gasteiger partial charge in [-0.3, -0.25) is 14.6 Å². The van der Waals surface area contributed by atoms with Crippen LogP contribution in [-0.2, 0) is 49.5 Å². The van der Waals surface area contributed by atoms with E-state index in [-0.39, 0.29) is 50.1 Å². The molecule has 0 radical (unpaired) electrons. The van der Waals surface area contributed by atoms with Gasteiger partial charge in [-0.2, -0.15) is 0 Å². The number of methoxy groups -OCH3 is 1. The summed E-state index contributed by atoms with van der Waals surface area (Å²) < 4.78 is 38.8. The maximum absolute atomic E-state index is 14.4. The van der Waals surface area contributed by atoms with E-state index in [0.29, 0.717) is 12.1 Å². The molecule has 1 unspecified atom stereocenters. The van der Waals surface area contributed by atoms with E-state index in [2.05, 4.69) is 21.6 Å². The van der Waals surface area contributed by atoms with Crippen LogP contribution in [0.1, 0.15) is 80.2 Å². The maximum Gasteiger partial charge on any atom is 0.316 e. The fourth-order valence-corrected chi connectivity index (χ4v) is 8.20. The van der Waals surface area contributed by atoms with Gasteiger partial charge in [0.1, 0.15) is 36.0 Å². The number of cyclic esters (lactones) is 1. The van der Waals surface area contributed by atoms with E-state index >= 15 is 0 Å². The topological polar surface area (TPSA) is 147 Å². The second-order valence-corrected chi connectivity index (χ2v) is 15.9. The Kier molecular flexibility index (Phi) is 14.8. The summed E-state index contributed by atoms with van der Waals surface area (Å²) in [6.45, 7) is 19.2. The number of carbonyl (C=O) groups excluding carboxylic acids is 2. The summed E-state index contributed by atoms with van der Waals surface area (Å²) in [4.78, 5) is 40.2. The Morgan fingerprint density at radius 3 is 2.45 bits per heavy atom. The number of ketones is 1. The second-order valence-electron chi connectivity index (χ2n) is 15.9. The minimum atomic E-state index is -1.68. The Balaban J connectivity index is 1.88. The number of likely N-dealkylation sites (N-methyl/N-ethyl adjacent to an activating group) is 1. The molecule has 1 aromatic rings. The van der Waals surface area contributed by atoms with Crippen molar-refractivity contribution < 1.29 is 48.0 Å². The number of fused-ring (bicyclic) bond motifs is 5. The summed E-state index contributed by atoms with van der Waals surface area (Å²) in [6.07, 6.45) is 0.401. The average Bonchev–Trinajstić information content (AvgIpc) is 3.13. The fraction of sp³-hybridized carbons (Fsp3) is 0.750. The lowest BCUT2D eigenvalue weighted by Crippen LogP contribution is -2.60. The molecule has 53 heavy (non-hydrogen) atoms. The molecular weight excluding hydrogens is 682 g/mol. The lowest BCUT2D eigenvalue weighted by molar-refractivity contribution is -0.300. The molecule has 1 N–H and O–H groups in total. The van der Waals surface area contributed by atoms with Crippen molar-refractivity contribution in [1.29, 1.82) is 0 Å². The molecule has 0 aliphatic carbocycles. The number of nitrogens with zero attached hydrogens (tertiary/aromatic N) is 3. The number of Topliss-reactive ketones (excluding diaryl/α,β-unsaturated/α-hetero) is 1. The predicted octanol–water partition coefficient (Wildman–Crippen LogP) is 4.74. The Morgan fingerprint density at radius 2 is 1.83 bits per heavy atom. The predicted molar refractivity (Wildman–Crippen MR) is 199 cm³/mol. The highest BCUT2D eigenvalue weighted by atomic mass is 16.7. The third kappa shape index (κ3) is 9.91. The van der Waals surface area contributed by atoms with Crippen LogP contribution < -0.4 is 0 Å². The lowest BCUT2D eigenvalue weighted by Gasteiger charge is -2.48. The molecule has 0 spiro atoms. The number of aliphatic hydroxyl groups is 1. The van der Waals surface area contributed by atoms with Gasteiger partial charge in [0.15, 0.2) is 12.1 Å². The standard InChI is InChI=1S/C40H63N3O10/c1-13-32-40(9,46)36-26(5)25(4)23(2)18-39(8,49-22-30(21-48-36)42-50-20-29-15-14-16-41-19-29)35(27(6)33(44)28(7)37(45)52-32)53-38-34(47-12)31(43(10)11)17-24(3)51-38/h14-16,19,23-24,26-28,31-32,34-36,38,46H,4,13,17-18,20-22H2,1-3,5-12H3/t23-,24-,26+,27+,28?,31+,32-,34-,35-,36-,38+,39-,40-/m1/s1. The highest BCUT2D eigenvalue weighted by molar-refractivity contribution is 6.00. The molecule has 13 atom stereocenters. The number of hydrogen-bond acceptors (Lipinski definition) is 13. The number of rotatable bonds is 8. The Morgan fingerprint density at radius 1 is 1.11 bits per heavy atom. The minimum Gasteiger partial charge on any atom is -0.459 e. The molecule has 3 aliphatic rings. The van der Waals surface area contributed by atoms with E-state index in [1.54, 1.807) is 33.4 Å². The number of oxime groups is 1. The molecule has 3 fully saturated rings. The maximum atomic E-state index is 14.4. The number of aromatic nitrogens is 1. The first-order chi connectivity index (χ1) is 24.9. The summed E-state index contributed by atoms with van der Waals surface area (Å²) in [7, 11) is 5.60. The highest BCUT2D eigenvalue weighted by Crippen LogP contribution is 2.42. The van der Waals surface area contributed by atoms with Gasteiger partial charge in [-0.05, 0) is 73.0 Å². The summed E-state index contributed by atoms with van der Waals surface area (Å²) in [5.41, 5.74) is -0.828. The van der Waals surface area contributed by atoms with E-state index in [0.717, 1.165) is 17.6 Å². The second kappa shape index (κ2) is 18.2. The van der Waals surface area contributed by atoms with Gasteiger partial charge >= 0.3 is 5.97 Å². The number of esters is 1. The van der Waals surface area contributed by atoms with Crippen molar-refractivity contribution in [2.24, 2.45) is 28.8 Å². The minimum absolute atomic E-state index is 0.0310. The zero-order valence-electron chi connectivity index (χ0n) is 33.6. The highest BCUT2D eigenvalue weighted by Gasteiger charge is 2.52. The largest absolute Gasteiger partial charge is 0.459 e. The first kappa shape index (κ1) is 43.0. The van der Waals surface area contributed by atoms with Crippen LogP contribution in [0, 0.1) is 23.7 Å². The number of ether oxygens (including phenoxy) is 6. The van der Waals surface area contributed by atoms with Gasteiger partial charge in [-0.1, -0.05) is 51.1 Å². The zero-order chi connectivity index (χ0) is 39.2. The molecule has 13 heteroatoms. The van der Waals surface area contributed by atoms with Crippen LogP contribution in [0.4, 0.5) is 0 Å². The Labute approximate surface area is 315 Å². The Bertz CT molecular complexity index is 1420. The zero-order valence-corrected chi connectivity index (χ0v) is 33.6. The van der Waals surface area contributed by atoms with Crippen LogP contribution >= 0.6 is 0 Å². The van der Waals surface area contributed by atoms with Crippen molar-refractivity contribution in [1.82, 2.24) is 9.88 Å². The van der Waals surface area contributed by atoms with Crippen molar-refractivity contribution >= 4 is 17.5 Å². The van der Waals surface area contributed by atoms with E-state index in [9.17, 15) is 14.7 Å². The molecule has 298 valence electrons. The van der Waals surface area contributed by atoms with Gasteiger partial charge in [0.25, 0.3) is 0 Å². The van der Waals surface area contributed by atoms with Crippen LogP contribution in [-0.4, -0.2) is 121 Å². The normalized spacial score (nSPS) is 40.3. The number of hydrogen-bond donors (Lipinski definition) is 1. The van der Waals surface area contributed by atoms with E-state index in [1.807, 2.05) is 60.8 Å². The molecule has 0 amide bonds. The third-order valence-electron chi connectivity index (χ3n) is 11.5. The SMILES string of the molecule is C=C1[C@H](C)C[C@@]2(C)OCC(=NOCc3cccnc3)CO[C@H]([C@H]1C)[C@](C)(O)[C@@H](CC)OC(=O)C(C)C(=O)[C@H](C)[C@H]2O[C@@H]1O[C@H](C)C[C@H](N(C)C)[C@H]1OC. The number of carbonyl (C=O) groups is 2. The molecule has 4 rings (SSSR count). The number of pyridine rings is 1. The smallest absolute Gasteiger partial charge is 0.316 e. The van der Waals surface area contributed by atoms with Gasteiger partial charge in [-0.15, -0.1) is 0 Å². The average molecular weight is 746 g/mol. The summed E-state index contributed by atoms with van der Waals surface area (Å²) in [5, 5.41) is 16.7. The molecule has 4 heterocycles. The summed E-state index contributed by atoms with van der Waals surface area (Å²) >= 11 is 0. The quantitative estimate of drug-likeness (QED) is 0.170. The molecule has 3 aliphatic heterocycles. The lowest BCUT2D eigenvalue weighted by atomic mass is 9.73. The van der Waals surface area contributed by atoms with Crippen molar-refractivity contribution in [3.05, 3.63) is 42.2 Å². The van der Waals surface area contributed by atoms with Crippen LogP contribution in [0.15, 0.2) is 41.8 Å². The van der Waals surface area contributed by atoms with Crippen LogP contribution in [0.3, 0.4) is 0 Å². The van der Waals surface area contributed by atoms with Crippen LogP contribution in [0.5, 0.6) is 0 Å². The first-order valence-corrected chi connectivity index (χ1v) is 18.9. The van der Waals surface area contributed by atoms with E-state index in [1.165, 1.54) is 6.92 Å². The molecular formula is C40H63N3O10. The van der Waals surface area contributed by atoms with Gasteiger partial charge in [0.2, 0.25) is 0 Å². The molecule has 13 nitrogen and oxygen atoms in total. The van der Waals surface area contributed by atoms with Crippen molar-refractivity contribution in [3.63, 3.8) is 0 Å². The van der Waals surface area contributed by atoms with Gasteiger partial charge in [-0.25, -0.2) is 0 Å². The van der Waals surface area contributed by atoms with Gasteiger partial charge in [0.05, 0.1) is 37.1 Å². The van der Waals surface area contributed by atoms with Crippen molar-refractivity contribution in [2.75, 3.05) is 34.4 Å². The Hall–Kier alpha value is -2.78. The van der Waals surface area contributed by atoms with Crippen molar-refractivity contribution in [2.45, 2.75) is 135 Å². The summed E-state index contributed by atoms with van der Waals surface area (Å²) in [6, 6.07) is 3.67. The van der Waals surface area contributed by atoms with Gasteiger partial charge < -0.3 is 43.3 Å². The van der Waals surface area contributed by atoms with Crippen LogP contribution in [0.25, 0.3) is 0 Å². The molecule has 0 saturated carbocycles. The van der Waals surface area contributed by atoms with Crippen molar-refractivity contribution in [3.8, 4) is 0 Å². The fourth-order valence-electron chi connectivity index (χ4n) is 8.20. The molecule has 2 bridgehead atoms. The van der Waals surface area contributed by atoms with E-state index < -0.39 is 65.6 Å². The first-order valence-electron chi connectivity index (χ1n) is 18.9. The monoisotopic (exact) mass is 745 g/mol. The van der Waals surface area contributed by atoms with Gasteiger partial charge in [0, 0.05) is 42.9 Å². The molecule has 0 aromatic carbocycles.